The molecular formula is C17H24N6O. The third kappa shape index (κ3) is 3.72. The lowest BCUT2D eigenvalue weighted by atomic mass is 9.96. The zero-order valence-electron chi connectivity index (χ0n) is 14.5. The Morgan fingerprint density at radius 1 is 1.25 bits per heavy atom. The number of hydrogen-bond donors (Lipinski definition) is 1. The molecule has 0 radical (unpaired) electrons. The molecule has 1 aliphatic heterocycles. The summed E-state index contributed by atoms with van der Waals surface area (Å²) in [4.78, 5) is 14.5. The van der Waals surface area contributed by atoms with E-state index in [-0.39, 0.29) is 5.91 Å². The van der Waals surface area contributed by atoms with Crippen molar-refractivity contribution in [2.24, 2.45) is 13.0 Å². The number of rotatable bonds is 4. The van der Waals surface area contributed by atoms with Crippen molar-refractivity contribution in [3.8, 4) is 0 Å². The number of aromatic nitrogens is 4. The largest absolute Gasteiger partial charge is 0.355 e. The first-order valence-corrected chi connectivity index (χ1v) is 8.36. The minimum atomic E-state index is -0.0348. The quantitative estimate of drug-likeness (QED) is 0.920. The van der Waals surface area contributed by atoms with Gasteiger partial charge in [0.1, 0.15) is 0 Å². The molecule has 7 heteroatoms. The van der Waals surface area contributed by atoms with Crippen LogP contribution in [0.5, 0.6) is 0 Å². The maximum Gasteiger partial charge on any atom is 0.254 e. The van der Waals surface area contributed by atoms with Gasteiger partial charge in [0.05, 0.1) is 17.0 Å². The molecule has 3 heterocycles. The number of aryl methyl sites for hydroxylation is 3. The molecule has 0 unspecified atom stereocenters. The van der Waals surface area contributed by atoms with Crippen LogP contribution in [-0.2, 0) is 7.05 Å². The van der Waals surface area contributed by atoms with Crippen molar-refractivity contribution in [3.05, 3.63) is 35.3 Å². The van der Waals surface area contributed by atoms with E-state index in [2.05, 4.69) is 25.5 Å². The van der Waals surface area contributed by atoms with Gasteiger partial charge in [-0.25, -0.2) is 0 Å². The number of amides is 1. The Labute approximate surface area is 142 Å². The Morgan fingerprint density at radius 3 is 2.58 bits per heavy atom. The highest BCUT2D eigenvalue weighted by molar-refractivity contribution is 5.94. The average molecular weight is 328 g/mol. The van der Waals surface area contributed by atoms with Crippen LogP contribution in [0.15, 0.2) is 18.3 Å². The molecule has 0 saturated carbocycles. The fraction of sp³-hybridized carbons (Fsp3) is 0.529. The Kier molecular flexibility index (Phi) is 4.78. The van der Waals surface area contributed by atoms with Crippen molar-refractivity contribution in [1.29, 1.82) is 0 Å². The lowest BCUT2D eigenvalue weighted by Gasteiger charge is -2.32. The van der Waals surface area contributed by atoms with Crippen LogP contribution in [0.2, 0.25) is 0 Å². The number of carbonyl (C=O) groups is 1. The molecule has 1 amide bonds. The van der Waals surface area contributed by atoms with Crippen molar-refractivity contribution in [1.82, 2.24) is 25.3 Å². The van der Waals surface area contributed by atoms with E-state index >= 15 is 0 Å². The van der Waals surface area contributed by atoms with Gasteiger partial charge in [-0.2, -0.15) is 10.2 Å². The predicted octanol–water partition coefficient (Wildman–Crippen LogP) is 1.47. The minimum Gasteiger partial charge on any atom is -0.355 e. The van der Waals surface area contributed by atoms with E-state index in [1.807, 2.05) is 33.0 Å². The zero-order chi connectivity index (χ0) is 17.1. The SMILES string of the molecule is Cc1ccc(N2CCC(CNC(=O)c3cn(C)nc3C)CC2)nn1. The second kappa shape index (κ2) is 6.98. The Hall–Kier alpha value is -2.44. The van der Waals surface area contributed by atoms with Gasteiger partial charge < -0.3 is 10.2 Å². The van der Waals surface area contributed by atoms with Gasteiger partial charge in [-0.3, -0.25) is 9.48 Å². The maximum atomic E-state index is 12.2. The minimum absolute atomic E-state index is 0.0348. The smallest absolute Gasteiger partial charge is 0.254 e. The number of nitrogens with one attached hydrogen (secondary N) is 1. The maximum absolute atomic E-state index is 12.2. The highest BCUT2D eigenvalue weighted by Gasteiger charge is 2.21. The van der Waals surface area contributed by atoms with Gasteiger partial charge in [-0.15, -0.1) is 5.10 Å². The molecular weight excluding hydrogens is 304 g/mol. The van der Waals surface area contributed by atoms with E-state index in [1.54, 1.807) is 10.9 Å². The first-order chi connectivity index (χ1) is 11.5. The molecule has 1 aliphatic rings. The van der Waals surface area contributed by atoms with Gasteiger partial charge in [0.25, 0.3) is 5.91 Å². The summed E-state index contributed by atoms with van der Waals surface area (Å²) >= 11 is 0. The molecule has 1 saturated heterocycles. The normalized spacial score (nSPS) is 15.5. The van der Waals surface area contributed by atoms with Crippen LogP contribution in [0.1, 0.15) is 34.6 Å². The molecule has 1 N–H and O–H groups in total. The topological polar surface area (TPSA) is 75.9 Å². The van der Waals surface area contributed by atoms with Crippen LogP contribution >= 0.6 is 0 Å². The van der Waals surface area contributed by atoms with E-state index in [0.717, 1.165) is 43.1 Å². The predicted molar refractivity (Wildman–Crippen MR) is 92.0 cm³/mol. The standard InChI is InChI=1S/C17H24N6O/c1-12-4-5-16(20-19-12)23-8-6-14(7-9-23)10-18-17(24)15-11-22(3)21-13(15)2/h4-5,11,14H,6-10H2,1-3H3,(H,18,24). The van der Waals surface area contributed by atoms with Gasteiger partial charge in [0.15, 0.2) is 5.82 Å². The van der Waals surface area contributed by atoms with E-state index < -0.39 is 0 Å². The van der Waals surface area contributed by atoms with Crippen LogP contribution < -0.4 is 10.2 Å². The number of nitrogens with zero attached hydrogens (tertiary/aromatic N) is 5. The fourth-order valence-corrected chi connectivity index (χ4v) is 3.08. The highest BCUT2D eigenvalue weighted by atomic mass is 16.1. The molecule has 7 nitrogen and oxygen atoms in total. The molecule has 0 bridgehead atoms. The van der Waals surface area contributed by atoms with E-state index in [0.29, 0.717) is 18.0 Å². The summed E-state index contributed by atoms with van der Waals surface area (Å²) in [6, 6.07) is 4.01. The Bertz CT molecular complexity index is 700. The number of carbonyl (C=O) groups excluding carboxylic acids is 1. The second-order valence-corrected chi connectivity index (χ2v) is 6.48. The second-order valence-electron chi connectivity index (χ2n) is 6.48. The third-order valence-corrected chi connectivity index (χ3v) is 4.53. The average Bonchev–Trinajstić information content (AvgIpc) is 2.92. The van der Waals surface area contributed by atoms with Crippen LogP contribution in [0.4, 0.5) is 5.82 Å². The Morgan fingerprint density at radius 2 is 2.00 bits per heavy atom. The molecule has 2 aromatic rings. The van der Waals surface area contributed by atoms with Crippen molar-refractivity contribution >= 4 is 11.7 Å². The van der Waals surface area contributed by atoms with Crippen molar-refractivity contribution in [2.75, 3.05) is 24.5 Å². The number of anilines is 1. The first-order valence-electron chi connectivity index (χ1n) is 8.36. The molecule has 2 aromatic heterocycles. The van der Waals surface area contributed by atoms with Gasteiger partial charge in [0.2, 0.25) is 0 Å². The van der Waals surface area contributed by atoms with E-state index in [9.17, 15) is 4.79 Å². The van der Waals surface area contributed by atoms with Gasteiger partial charge in [-0.1, -0.05) is 0 Å². The first kappa shape index (κ1) is 16.4. The zero-order valence-corrected chi connectivity index (χ0v) is 14.5. The van der Waals surface area contributed by atoms with Crippen LogP contribution in [0, 0.1) is 19.8 Å². The summed E-state index contributed by atoms with van der Waals surface area (Å²) in [6.45, 7) is 6.40. The van der Waals surface area contributed by atoms with Crippen molar-refractivity contribution < 1.29 is 4.79 Å². The summed E-state index contributed by atoms with van der Waals surface area (Å²) in [5.74, 6) is 1.40. The lowest BCUT2D eigenvalue weighted by Crippen LogP contribution is -2.39. The van der Waals surface area contributed by atoms with Crippen molar-refractivity contribution in [3.63, 3.8) is 0 Å². The monoisotopic (exact) mass is 328 g/mol. The molecule has 0 aromatic carbocycles. The summed E-state index contributed by atoms with van der Waals surface area (Å²) < 4.78 is 1.67. The van der Waals surface area contributed by atoms with Gasteiger partial charge in [0, 0.05) is 32.9 Å². The Balaban J connectivity index is 1.48. The molecule has 1 fully saturated rings. The number of hydrogen-bond acceptors (Lipinski definition) is 5. The summed E-state index contributed by atoms with van der Waals surface area (Å²) in [6.07, 6.45) is 3.85. The molecule has 3 rings (SSSR count). The van der Waals surface area contributed by atoms with Gasteiger partial charge in [-0.05, 0) is 44.7 Å². The van der Waals surface area contributed by atoms with Gasteiger partial charge >= 0.3 is 0 Å². The van der Waals surface area contributed by atoms with E-state index in [1.165, 1.54) is 0 Å². The summed E-state index contributed by atoms with van der Waals surface area (Å²) in [5, 5.41) is 15.6. The highest BCUT2D eigenvalue weighted by Crippen LogP contribution is 2.21. The summed E-state index contributed by atoms with van der Waals surface area (Å²) in [5.41, 5.74) is 2.36. The molecule has 128 valence electrons. The molecule has 0 aliphatic carbocycles. The van der Waals surface area contributed by atoms with Crippen LogP contribution in [0.25, 0.3) is 0 Å². The lowest BCUT2D eigenvalue weighted by molar-refractivity contribution is 0.0944. The number of piperidine rings is 1. The van der Waals surface area contributed by atoms with E-state index in [4.69, 9.17) is 0 Å². The van der Waals surface area contributed by atoms with Crippen LogP contribution in [-0.4, -0.2) is 45.5 Å². The molecule has 24 heavy (non-hydrogen) atoms. The molecule has 0 spiro atoms. The molecule has 0 atom stereocenters. The fourth-order valence-electron chi connectivity index (χ4n) is 3.08. The summed E-state index contributed by atoms with van der Waals surface area (Å²) in [7, 11) is 1.83. The third-order valence-electron chi connectivity index (χ3n) is 4.53. The van der Waals surface area contributed by atoms with Crippen molar-refractivity contribution in [2.45, 2.75) is 26.7 Å². The van der Waals surface area contributed by atoms with Crippen LogP contribution in [0.3, 0.4) is 0 Å².